The second-order valence-electron chi connectivity index (χ2n) is 33.3. The summed E-state index contributed by atoms with van der Waals surface area (Å²) in [5.41, 5.74) is 2.76. The summed E-state index contributed by atoms with van der Waals surface area (Å²) in [6.45, 7) is 7.57. The number of para-hydroxylation sites is 4. The van der Waals surface area contributed by atoms with Crippen molar-refractivity contribution in [1.82, 2.24) is 69.2 Å². The molecule has 9 aliphatic rings. The van der Waals surface area contributed by atoms with Gasteiger partial charge in [0.05, 0.1) is 57.0 Å². The van der Waals surface area contributed by atoms with Gasteiger partial charge in [-0.2, -0.15) is 0 Å². The van der Waals surface area contributed by atoms with Crippen LogP contribution in [0.2, 0.25) is 0 Å². The van der Waals surface area contributed by atoms with Gasteiger partial charge in [0, 0.05) is 47.9 Å². The lowest BCUT2D eigenvalue weighted by Gasteiger charge is -2.30. The molecule has 30 nitrogen and oxygen atoms in total. The van der Waals surface area contributed by atoms with Crippen LogP contribution in [0.25, 0.3) is 56.1 Å². The van der Waals surface area contributed by atoms with Crippen molar-refractivity contribution < 1.29 is 74.1 Å². The third kappa shape index (κ3) is 18.2. The Morgan fingerprint density at radius 1 is 0.592 bits per heavy atom. The number of hydrogen-bond acceptors (Lipinski definition) is 20. The number of carbonyl (C=O) groups is 8. The maximum atomic E-state index is 14.8. The maximum absolute atomic E-state index is 14.8. The number of ether oxygens (including phenoxy) is 4. The van der Waals surface area contributed by atoms with E-state index in [4.69, 9.17) is 38.9 Å². The van der Waals surface area contributed by atoms with Crippen LogP contribution in [0.1, 0.15) is 167 Å². The normalized spacial score (nSPS) is 25.1. The van der Waals surface area contributed by atoms with Crippen molar-refractivity contribution in [2.24, 2.45) is 11.8 Å². The number of likely N-dealkylation sites (tertiary alicyclic amines) is 1. The molecule has 120 heavy (non-hydrogen) atoms. The molecule has 6 aliphatic carbocycles. The van der Waals surface area contributed by atoms with E-state index in [-0.39, 0.29) is 51.0 Å². The summed E-state index contributed by atoms with van der Waals surface area (Å²) in [5, 5.41) is 10.2. The minimum Gasteiger partial charge on any atom is -0.473 e. The number of hydrogen-bond donors (Lipinski definition) is 6. The molecule has 10 atom stereocenters. The molecule has 7 heterocycles. The van der Waals surface area contributed by atoms with Crippen LogP contribution in [-0.4, -0.2) is 186 Å². The van der Waals surface area contributed by atoms with Crippen LogP contribution in [0, 0.1) is 11.8 Å². The highest BCUT2D eigenvalue weighted by molar-refractivity contribution is 7.91. The first-order valence-corrected chi connectivity index (χ1v) is 45.4. The van der Waals surface area contributed by atoms with Gasteiger partial charge < -0.3 is 50.0 Å². The fraction of sp³-hybridized carbons (Fsp3) is 0.477. The number of imidazole rings is 2. The second-order valence-corrected chi connectivity index (χ2v) is 37.2. The molecule has 0 radical (unpaired) electrons. The molecule has 8 fully saturated rings. The Balaban J connectivity index is 0.000000179. The Hall–Kier alpha value is -11.3. The van der Waals surface area contributed by atoms with Crippen molar-refractivity contribution in [3.05, 3.63) is 159 Å². The third-order valence-electron chi connectivity index (χ3n) is 24.6. The van der Waals surface area contributed by atoms with Gasteiger partial charge in [-0.1, -0.05) is 135 Å². The predicted octanol–water partition coefficient (Wildman–Crippen LogP) is 10.7. The molecule has 0 spiro atoms. The Morgan fingerprint density at radius 2 is 1.14 bits per heavy atom. The van der Waals surface area contributed by atoms with E-state index in [0.29, 0.717) is 104 Å². The fourth-order valence-corrected chi connectivity index (χ4v) is 20.2. The first-order chi connectivity index (χ1) is 58.1. The van der Waals surface area contributed by atoms with Gasteiger partial charge in [0.1, 0.15) is 59.7 Å². The van der Waals surface area contributed by atoms with Crippen molar-refractivity contribution in [2.45, 2.75) is 237 Å². The number of carbonyl (C=O) groups excluding carboxylic acids is 8. The molecule has 32 heteroatoms. The molecule has 17 rings (SSSR count). The second kappa shape index (κ2) is 35.2. The van der Waals surface area contributed by atoms with E-state index < -0.39 is 137 Å². The Bertz CT molecular complexity index is 5510. The first-order valence-electron chi connectivity index (χ1n) is 42.3. The topological polar surface area (TPSA) is 381 Å². The molecule has 3 aliphatic heterocycles. The fourth-order valence-electron chi connectivity index (χ4n) is 17.5. The summed E-state index contributed by atoms with van der Waals surface area (Å²) >= 11 is 0. The van der Waals surface area contributed by atoms with Gasteiger partial charge in [-0.25, -0.2) is 55.2 Å². The summed E-state index contributed by atoms with van der Waals surface area (Å²) in [4.78, 5) is 135. The number of amides is 8. The van der Waals surface area contributed by atoms with E-state index in [1.54, 1.807) is 10.5 Å². The summed E-state index contributed by atoms with van der Waals surface area (Å²) in [6.07, 6.45) is 19.7. The zero-order chi connectivity index (χ0) is 83.5. The first kappa shape index (κ1) is 82.4. The zero-order valence-electron chi connectivity index (χ0n) is 66.9. The van der Waals surface area contributed by atoms with Crippen LogP contribution >= 0.6 is 0 Å². The van der Waals surface area contributed by atoms with Gasteiger partial charge in [-0.05, 0) is 153 Å². The van der Waals surface area contributed by atoms with E-state index >= 15 is 0 Å². The molecule has 0 bridgehead atoms. The van der Waals surface area contributed by atoms with Gasteiger partial charge in [0.15, 0.2) is 0 Å². The van der Waals surface area contributed by atoms with E-state index in [2.05, 4.69) is 43.9 Å². The summed E-state index contributed by atoms with van der Waals surface area (Å²) in [5.74, 6) is -3.20. The van der Waals surface area contributed by atoms with Crippen LogP contribution < -0.4 is 40.2 Å². The number of alkyl carbamates (subject to hydrolysis) is 2. The Labute approximate surface area is 695 Å². The Kier molecular flexibility index (Phi) is 24.2. The summed E-state index contributed by atoms with van der Waals surface area (Å²) in [6, 6.07) is 33.7. The number of rotatable bonds is 26. The van der Waals surface area contributed by atoms with Gasteiger partial charge in [0.25, 0.3) is 11.8 Å². The molecule has 8 aromatic rings. The number of benzene rings is 4. The van der Waals surface area contributed by atoms with E-state index in [1.165, 1.54) is 15.9 Å². The quantitative estimate of drug-likeness (QED) is 0.0217. The summed E-state index contributed by atoms with van der Waals surface area (Å²) < 4.78 is 84.7. The predicted molar refractivity (Wildman–Crippen MR) is 446 cm³/mol. The molecule has 0 unspecified atom stereocenters. The Morgan fingerprint density at radius 3 is 1.71 bits per heavy atom. The lowest BCUT2D eigenvalue weighted by Crippen LogP contribution is -2.58. The maximum Gasteiger partial charge on any atom is 0.408 e. The number of unbranched alkanes of at least 4 members (excludes halogenated alkanes) is 3. The molecule has 4 aromatic heterocycles. The van der Waals surface area contributed by atoms with Crippen molar-refractivity contribution in [1.29, 1.82) is 0 Å². The number of allylic oxidation sites excluding steroid dienone is 2. The summed E-state index contributed by atoms with van der Waals surface area (Å²) in [7, 11) is -7.83. The third-order valence-corrected chi connectivity index (χ3v) is 28.2. The average molecular weight is 1680 g/mol. The molecule has 6 N–H and O–H groups in total. The van der Waals surface area contributed by atoms with Crippen LogP contribution in [0.15, 0.2) is 159 Å². The highest BCUT2D eigenvalue weighted by atomic mass is 32.2. The lowest BCUT2D eigenvalue weighted by atomic mass is 10.0. The molecular formula is C88H102N14O16S2. The van der Waals surface area contributed by atoms with Gasteiger partial charge in [-0.15, -0.1) is 13.2 Å². The van der Waals surface area contributed by atoms with E-state index in [0.717, 1.165) is 106 Å². The average Bonchev–Trinajstić information content (AvgIpc) is 1.58. The zero-order valence-corrected chi connectivity index (χ0v) is 68.6. The number of aromatic nitrogens is 6. The van der Waals surface area contributed by atoms with Crippen molar-refractivity contribution >= 4 is 101 Å². The molecule has 2 saturated heterocycles. The van der Waals surface area contributed by atoms with Gasteiger partial charge in [-0.3, -0.25) is 38.2 Å². The van der Waals surface area contributed by atoms with Gasteiger partial charge in [0.2, 0.25) is 67.0 Å². The lowest BCUT2D eigenvalue weighted by molar-refractivity contribution is -0.141. The number of sulfonamides is 2. The van der Waals surface area contributed by atoms with Crippen molar-refractivity contribution in [3.8, 4) is 34.3 Å². The molecular weight excluding hydrogens is 1570 g/mol. The minimum absolute atomic E-state index is 0.0114. The van der Waals surface area contributed by atoms with Crippen LogP contribution in [0.3, 0.4) is 0 Å². The number of nitrogens with zero attached hydrogens (tertiary/aromatic N) is 8. The number of nitrogens with one attached hydrogen (secondary N) is 6. The molecule has 6 saturated carbocycles. The highest BCUT2D eigenvalue weighted by Gasteiger charge is 2.64. The molecule has 632 valence electrons. The largest absolute Gasteiger partial charge is 0.473 e. The van der Waals surface area contributed by atoms with E-state index in [1.807, 2.05) is 138 Å². The molecule has 8 amide bonds. The van der Waals surface area contributed by atoms with Crippen molar-refractivity contribution in [3.63, 3.8) is 0 Å². The van der Waals surface area contributed by atoms with Crippen LogP contribution in [0.4, 0.5) is 9.59 Å². The van der Waals surface area contributed by atoms with Crippen molar-refractivity contribution in [2.75, 3.05) is 13.1 Å². The van der Waals surface area contributed by atoms with Crippen LogP contribution in [0.5, 0.6) is 11.8 Å². The highest BCUT2D eigenvalue weighted by Crippen LogP contribution is 2.48. The molecule has 4 aromatic carbocycles. The van der Waals surface area contributed by atoms with Crippen LogP contribution in [-0.2, 0) is 58.3 Å². The standard InChI is InChI=1S/C45H53N7O8S.C43H49N7O8S/c1-3-5-6-7-11-21-35(48-44(56)60-31-18-12-13-19-31)41(54)51-28-32(25-38(51)40(53)49-45(27-30(45)4-2)42(55)50-61(57,58)33-23-24-33)59-39-26-36(29-16-9-8-10-17-29)47-43-46-34-20-14-15-22-37(34)52(39)43;51-38-36-23-30(57-37-24-34(27-13-5-4-6-14-27)45-41-44-32-18-11-12-20-35(32)50(37)41)26-49(36)39(52)33(46-42(54)58-29-16-9-10-17-29)19-8-3-1-2-7-15-28-25-43(28,47-38)40(53)48-59(55,56)31-21-22-31/h3-4,8-10,14-17,20,22,26,30-33,35,38H,1-2,5-7,11-13,18-19,21,23-25,27-28H2,(H,48,56)(H,49,53)(H,50,55);4-7,11-15,18,20,24,28-31,33,36H,1-3,8-10,16-17,19,21-23,25-26H2,(H,46,54)(H,47,51)(H,48,53)/b;15-7-/t30-,32-,35+,38+,45-;28-,30-,33+,36+,43-/m11/s1. The minimum atomic E-state index is -3.92. The number of fused-ring (bicyclic) bond motifs is 8. The SMILES string of the molecule is C=CCCCCC[C@H](NC(=O)OC1CCCC1)C(=O)N1C[C@H](Oc2cc(-c3ccccc3)nc3nc4ccccc4n23)C[C@H]1C(=O)N[C@]1(C(=O)NS(=O)(=O)C2CC2)C[C@H]1C=C.O=C(N[C@H]1CCCCC/C=C\[C@@H]2C[C@@]2(C(=O)NS(=O)(=O)C2CC2)NC(=O)[C@@H]2C[C@@H](Oc3cc(-c4ccccc4)nc4nc5ccccc5n34)CN2C1=O)OC1CCCC1. The smallest absolute Gasteiger partial charge is 0.408 e. The monoisotopic (exact) mass is 1670 g/mol. The van der Waals surface area contributed by atoms with E-state index in [9.17, 15) is 55.2 Å². The van der Waals surface area contributed by atoms with Gasteiger partial charge >= 0.3 is 12.2 Å².